The average Bonchev–Trinajstić information content (AvgIpc) is 4.21. The number of carboxylic acids is 2. The second-order valence-electron chi connectivity index (χ2n) is 21.8. The Bertz CT molecular complexity index is 2580. The van der Waals surface area contributed by atoms with E-state index in [9.17, 15) is 39.6 Å². The summed E-state index contributed by atoms with van der Waals surface area (Å²) in [4.78, 5) is 72.5. The van der Waals surface area contributed by atoms with Crippen LogP contribution in [-0.4, -0.2) is 110 Å². The molecule has 7 aliphatic rings. The molecule has 3 saturated carbocycles. The lowest BCUT2D eigenvalue weighted by Crippen LogP contribution is -2.57. The molecule has 9 rings (SSSR count). The van der Waals surface area contributed by atoms with Crippen LogP contribution in [0.5, 0.6) is 0 Å². The molecule has 2 aromatic rings. The third-order valence-corrected chi connectivity index (χ3v) is 19.5. The summed E-state index contributed by atoms with van der Waals surface area (Å²) < 4.78 is 7.15. The largest absolute Gasteiger partial charge is 0.478 e. The fourth-order valence-corrected chi connectivity index (χ4v) is 16.1. The minimum absolute atomic E-state index is 0.0761. The molecule has 3 fully saturated rings. The predicted molar refractivity (Wildman–Crippen MR) is 274 cm³/mol. The van der Waals surface area contributed by atoms with Crippen molar-refractivity contribution in [1.29, 1.82) is 0 Å². The minimum Gasteiger partial charge on any atom is -0.478 e. The monoisotopic (exact) mass is 1020 g/mol. The van der Waals surface area contributed by atoms with Crippen LogP contribution in [0.4, 0.5) is 0 Å². The second-order valence-corrected chi connectivity index (χ2v) is 22.9. The van der Waals surface area contributed by atoms with Gasteiger partial charge in [-0.25, -0.2) is 14.4 Å². The molecular formula is C56H72N6O10S. The predicted octanol–water partition coefficient (Wildman–Crippen LogP) is 5.34. The number of benzene rings is 1. The number of nitrogens with zero attached hydrogens (tertiary/aromatic N) is 1. The van der Waals surface area contributed by atoms with Crippen LogP contribution >= 0.6 is 11.8 Å². The fourth-order valence-electron chi connectivity index (χ4n) is 14.5. The van der Waals surface area contributed by atoms with E-state index in [0.29, 0.717) is 18.6 Å². The molecule has 3 spiro atoms. The van der Waals surface area contributed by atoms with Gasteiger partial charge < -0.3 is 46.4 Å². The molecule has 2 bridgehead atoms. The first-order valence-electron chi connectivity index (χ1n) is 26.5. The first-order valence-corrected chi connectivity index (χ1v) is 27.6. The van der Waals surface area contributed by atoms with E-state index in [1.54, 1.807) is 7.05 Å². The number of nitrogens with one attached hydrogen (secondary N) is 5. The Labute approximate surface area is 432 Å². The van der Waals surface area contributed by atoms with Crippen molar-refractivity contribution < 1.29 is 49.1 Å². The zero-order valence-corrected chi connectivity index (χ0v) is 43.0. The molecule has 392 valence electrons. The molecule has 1 aromatic heterocycles. The van der Waals surface area contributed by atoms with Crippen LogP contribution in [0.3, 0.4) is 0 Å². The van der Waals surface area contributed by atoms with Crippen molar-refractivity contribution >= 4 is 41.5 Å². The third-order valence-electron chi connectivity index (χ3n) is 17.9. The second kappa shape index (κ2) is 21.6. The fraction of sp³-hybridized carbons (Fsp3) is 0.607. The molecule has 8 unspecified atom stereocenters. The summed E-state index contributed by atoms with van der Waals surface area (Å²) in [5, 5.41) is 54.2. The number of aromatic nitrogens is 1. The van der Waals surface area contributed by atoms with Crippen LogP contribution in [0.1, 0.15) is 138 Å². The first kappa shape index (κ1) is 52.8. The van der Waals surface area contributed by atoms with Gasteiger partial charge in [0.25, 0.3) is 0 Å². The number of aliphatic carboxylic acids is 2. The van der Waals surface area contributed by atoms with Crippen molar-refractivity contribution in [1.82, 2.24) is 31.6 Å². The van der Waals surface area contributed by atoms with Gasteiger partial charge >= 0.3 is 17.9 Å². The number of amides is 2. The van der Waals surface area contributed by atoms with Crippen LogP contribution in [0.15, 0.2) is 71.3 Å². The van der Waals surface area contributed by atoms with Gasteiger partial charge in [0.2, 0.25) is 23.8 Å². The lowest BCUT2D eigenvalue weighted by Gasteiger charge is -2.55. The van der Waals surface area contributed by atoms with E-state index in [1.165, 1.54) is 28.5 Å². The summed E-state index contributed by atoms with van der Waals surface area (Å²) in [5.74, 6) is 2.72. The van der Waals surface area contributed by atoms with Crippen molar-refractivity contribution in [3.8, 4) is 11.8 Å². The van der Waals surface area contributed by atoms with Gasteiger partial charge in [-0.3, -0.25) is 19.9 Å². The highest BCUT2D eigenvalue weighted by Crippen LogP contribution is 2.71. The Hall–Kier alpha value is -5.09. The van der Waals surface area contributed by atoms with E-state index in [2.05, 4.69) is 79.8 Å². The Morgan fingerprint density at radius 3 is 2.33 bits per heavy atom. The van der Waals surface area contributed by atoms with Gasteiger partial charge in [0, 0.05) is 55.2 Å². The summed E-state index contributed by atoms with van der Waals surface area (Å²) >= 11 is 1.41. The number of likely N-dealkylation sites (N-methyl/N-ethyl adjacent to an activating group) is 1. The van der Waals surface area contributed by atoms with Crippen LogP contribution in [0.2, 0.25) is 0 Å². The van der Waals surface area contributed by atoms with Crippen molar-refractivity contribution in [2.45, 2.75) is 163 Å². The highest BCUT2D eigenvalue weighted by Gasteiger charge is 2.69. The van der Waals surface area contributed by atoms with E-state index in [0.717, 1.165) is 119 Å². The number of pyridine rings is 1. The van der Waals surface area contributed by atoms with Crippen LogP contribution < -0.4 is 26.6 Å². The zero-order chi connectivity index (χ0) is 51.6. The first-order chi connectivity index (χ1) is 35.2. The summed E-state index contributed by atoms with van der Waals surface area (Å²) in [6, 6.07) is 11.4. The third kappa shape index (κ3) is 9.77. The molecule has 73 heavy (non-hydrogen) atoms. The molecule has 0 saturated heterocycles. The molecule has 2 heterocycles. The van der Waals surface area contributed by atoms with Gasteiger partial charge in [0.05, 0.1) is 5.25 Å². The van der Waals surface area contributed by atoms with E-state index >= 15 is 4.79 Å². The number of aliphatic hydroxyl groups excluding tert-OH is 1. The highest BCUT2D eigenvalue weighted by molar-refractivity contribution is 8.00. The number of aliphatic hydroxyl groups is 2. The Morgan fingerprint density at radius 2 is 1.63 bits per heavy atom. The molecule has 6 aliphatic carbocycles. The number of fused-ring (bicyclic) bond motifs is 6. The van der Waals surface area contributed by atoms with E-state index in [1.807, 2.05) is 19.4 Å². The quantitative estimate of drug-likeness (QED) is 0.0420. The number of esters is 1. The number of carbonyl (C=O) groups is 5. The number of thioether (sulfide) groups is 1. The van der Waals surface area contributed by atoms with Gasteiger partial charge in [0.1, 0.15) is 11.8 Å². The molecule has 1 aromatic carbocycles. The molecule has 0 radical (unpaired) electrons. The van der Waals surface area contributed by atoms with Crippen molar-refractivity contribution in [3.63, 3.8) is 0 Å². The maximum atomic E-state index is 16.2. The summed E-state index contributed by atoms with van der Waals surface area (Å²) in [6.45, 7) is -0.0761. The standard InChI is InChI=1S/C56H72N6O10S/c1-57-34-60-56(71,50(68)69)28-18-42(63)61-41(47(64)62-48(65)49(66)67)33-73-46-44-43-39(16-4-3-7-21-52(46)22-8-9-23-52)53(24-10-11-25-53)40(31-35-19-29-59-30-20-35)45-54(58-2)27-17-37(32-54)38-15-6-5-13-36(38)14-12-26-55(43,45)51(70)72-44/h5-6,13,15,19-20,29-30,37,39,41,46,48,57-58,60,65,71H,3-4,7-11,14,16-18,21-25,27-28,31-34H2,1-2H3,(H,61,63)(H,62,64)(H,66,67)(H,68,69). The van der Waals surface area contributed by atoms with Crippen molar-refractivity contribution in [2.75, 3.05) is 26.5 Å². The van der Waals surface area contributed by atoms with Crippen LogP contribution in [0, 0.1) is 34.0 Å². The van der Waals surface area contributed by atoms with Gasteiger partial charge in [-0.05, 0) is 135 Å². The Morgan fingerprint density at radius 1 is 0.918 bits per heavy atom. The number of carbonyl (C=O) groups excluding carboxylic acids is 3. The van der Waals surface area contributed by atoms with E-state index in [-0.39, 0.29) is 41.1 Å². The van der Waals surface area contributed by atoms with E-state index in [4.69, 9.17) is 4.74 Å². The molecule has 8 atom stereocenters. The SMILES string of the molecule is CNCNC(O)(CCC(=O)NC(CSC1C2=C3C(CCCCCC14CCCC4)C1(CCCC1)C(Cc1ccncc1)=C1C4(NC)CCC(C4)c4ccccc4CC#CC31C(=O)O2)C(=O)NC(O)C(=O)O)C(=O)O. The van der Waals surface area contributed by atoms with Crippen LogP contribution in [0.25, 0.3) is 0 Å². The van der Waals surface area contributed by atoms with Gasteiger partial charge in [-0.1, -0.05) is 86.6 Å². The van der Waals surface area contributed by atoms with E-state index < -0.39 is 70.8 Å². The topological polar surface area (TPSA) is 249 Å². The number of carboxylic acid groups (broad SMARTS) is 2. The summed E-state index contributed by atoms with van der Waals surface area (Å²) in [7, 11) is 3.60. The maximum Gasteiger partial charge on any atom is 0.353 e. The number of allylic oxidation sites excluding steroid dienone is 1. The molecule has 17 heteroatoms. The minimum atomic E-state index is -2.47. The molecule has 9 N–H and O–H groups in total. The maximum absolute atomic E-state index is 16.2. The normalized spacial score (nSPS) is 28.4. The number of hydrogen-bond acceptors (Lipinski definition) is 13. The lowest BCUT2D eigenvalue weighted by molar-refractivity contribution is -0.164. The smallest absolute Gasteiger partial charge is 0.353 e. The molecular weight excluding hydrogens is 949 g/mol. The number of ether oxygens (including phenoxy) is 1. The number of hydrogen-bond donors (Lipinski definition) is 9. The Balaban J connectivity index is 1.23. The highest BCUT2D eigenvalue weighted by atomic mass is 32.2. The number of rotatable bonds is 17. The van der Waals surface area contributed by atoms with Crippen molar-refractivity contribution in [3.05, 3.63) is 88.0 Å². The molecule has 2 amide bonds. The summed E-state index contributed by atoms with van der Waals surface area (Å²) in [6.07, 6.45) is 16.2. The molecule has 1 aliphatic heterocycles. The Kier molecular flexibility index (Phi) is 15.6. The summed E-state index contributed by atoms with van der Waals surface area (Å²) in [5.41, 5.74) is 1.71. The van der Waals surface area contributed by atoms with Gasteiger partial charge in [-0.15, -0.1) is 11.8 Å². The lowest BCUT2D eigenvalue weighted by atomic mass is 9.47. The van der Waals surface area contributed by atoms with Crippen LogP contribution in [-0.2, 0) is 41.6 Å². The average molecular weight is 1020 g/mol. The van der Waals surface area contributed by atoms with Gasteiger partial charge in [-0.2, -0.15) is 0 Å². The van der Waals surface area contributed by atoms with Gasteiger partial charge in [0.15, 0.2) is 5.41 Å². The zero-order valence-electron chi connectivity index (χ0n) is 42.2. The van der Waals surface area contributed by atoms with Crippen molar-refractivity contribution in [2.24, 2.45) is 22.2 Å². The molecule has 16 nitrogen and oxygen atoms in total.